The lowest BCUT2D eigenvalue weighted by atomic mass is 10.2. The van der Waals surface area contributed by atoms with Crippen LogP contribution >= 0.6 is 0 Å². The average Bonchev–Trinajstić information content (AvgIpc) is 3.04. The summed E-state index contributed by atoms with van der Waals surface area (Å²) in [4.78, 5) is 26.7. The Labute approximate surface area is 168 Å². The summed E-state index contributed by atoms with van der Waals surface area (Å²) in [7, 11) is 0. The summed E-state index contributed by atoms with van der Waals surface area (Å²) < 4.78 is 38.3. The molecule has 3 aromatic rings. The van der Waals surface area contributed by atoms with Crippen molar-refractivity contribution in [3.63, 3.8) is 0 Å². The van der Waals surface area contributed by atoms with E-state index in [1.807, 2.05) is 17.6 Å². The minimum atomic E-state index is -5.10. The quantitative estimate of drug-likeness (QED) is 0.509. The third-order valence-electron chi connectivity index (χ3n) is 4.10. The van der Waals surface area contributed by atoms with Crippen molar-refractivity contribution in [3.05, 3.63) is 65.5 Å². The van der Waals surface area contributed by atoms with E-state index in [-0.39, 0.29) is 0 Å². The molecule has 152 valence electrons. The molecule has 0 aliphatic carbocycles. The number of benzene rings is 1. The maximum atomic E-state index is 12.1. The fourth-order valence-electron chi connectivity index (χ4n) is 2.74. The number of hydrazine groups is 1. The van der Waals surface area contributed by atoms with Gasteiger partial charge in [-0.25, -0.2) is 0 Å². The fourth-order valence-corrected chi connectivity index (χ4v) is 2.74. The first-order valence-corrected chi connectivity index (χ1v) is 8.53. The van der Waals surface area contributed by atoms with E-state index in [4.69, 9.17) is 5.26 Å². The lowest BCUT2D eigenvalue weighted by Gasteiger charge is -2.09. The zero-order chi connectivity index (χ0) is 21.9. The van der Waals surface area contributed by atoms with Gasteiger partial charge in [0.2, 0.25) is 0 Å². The number of fused-ring (bicyclic) bond motifs is 1. The standard InChI is InChI=1S/C20H14F3N5O2/c1-12-8-16-17(28(12)15-5-2-13(10-24)3-6-15)9-14(11-25-16)4-7-18(29)26-27-19(30)20(21,22)23/h2-9,11H,1H3,(H,26,29)(H,27,30). The molecule has 0 atom stereocenters. The number of carbonyl (C=O) groups excluding carboxylic acids is 2. The Kier molecular flexibility index (Phi) is 5.55. The lowest BCUT2D eigenvalue weighted by Crippen LogP contribution is -2.47. The van der Waals surface area contributed by atoms with Gasteiger partial charge < -0.3 is 4.57 Å². The maximum absolute atomic E-state index is 12.1. The van der Waals surface area contributed by atoms with Crippen LogP contribution in [-0.2, 0) is 9.59 Å². The molecule has 0 unspecified atom stereocenters. The van der Waals surface area contributed by atoms with Crippen molar-refractivity contribution in [1.82, 2.24) is 20.4 Å². The molecule has 0 saturated heterocycles. The molecule has 0 saturated carbocycles. The van der Waals surface area contributed by atoms with Crippen LogP contribution in [0.2, 0.25) is 0 Å². The highest BCUT2D eigenvalue weighted by Gasteiger charge is 2.38. The summed E-state index contributed by atoms with van der Waals surface area (Å²) in [6.07, 6.45) is -1.27. The molecule has 30 heavy (non-hydrogen) atoms. The second kappa shape index (κ2) is 8.08. The molecular formula is C20H14F3N5O2. The number of halogens is 3. The third kappa shape index (κ3) is 4.47. The summed E-state index contributed by atoms with van der Waals surface area (Å²) in [5, 5.41) is 8.95. The molecule has 0 fully saturated rings. The van der Waals surface area contributed by atoms with Crippen molar-refractivity contribution in [2.24, 2.45) is 0 Å². The van der Waals surface area contributed by atoms with Gasteiger partial charge >= 0.3 is 12.1 Å². The Morgan fingerprint density at radius 1 is 1.17 bits per heavy atom. The highest BCUT2D eigenvalue weighted by atomic mass is 19.4. The van der Waals surface area contributed by atoms with Gasteiger partial charge in [-0.2, -0.15) is 18.4 Å². The van der Waals surface area contributed by atoms with Crippen LogP contribution < -0.4 is 10.9 Å². The average molecular weight is 413 g/mol. The van der Waals surface area contributed by atoms with Crippen molar-refractivity contribution >= 4 is 28.9 Å². The van der Waals surface area contributed by atoms with Crippen LogP contribution in [0.4, 0.5) is 13.2 Å². The number of aromatic nitrogens is 2. The van der Waals surface area contributed by atoms with Crippen LogP contribution in [0.15, 0.2) is 48.7 Å². The molecule has 0 aliphatic heterocycles. The zero-order valence-corrected chi connectivity index (χ0v) is 15.5. The van der Waals surface area contributed by atoms with E-state index in [2.05, 4.69) is 11.1 Å². The molecule has 0 bridgehead atoms. The van der Waals surface area contributed by atoms with E-state index < -0.39 is 18.0 Å². The van der Waals surface area contributed by atoms with Crippen LogP contribution in [-0.4, -0.2) is 27.5 Å². The molecule has 0 radical (unpaired) electrons. The fraction of sp³-hybridized carbons (Fsp3) is 0.100. The van der Waals surface area contributed by atoms with Crippen LogP contribution in [0.1, 0.15) is 16.8 Å². The van der Waals surface area contributed by atoms with E-state index in [0.717, 1.165) is 23.0 Å². The summed E-state index contributed by atoms with van der Waals surface area (Å²) >= 11 is 0. The van der Waals surface area contributed by atoms with Gasteiger partial charge in [-0.3, -0.25) is 25.4 Å². The first-order valence-electron chi connectivity index (χ1n) is 8.53. The highest BCUT2D eigenvalue weighted by Crippen LogP contribution is 2.24. The number of hydrogen-bond acceptors (Lipinski definition) is 4. The van der Waals surface area contributed by atoms with Crippen LogP contribution in [0.5, 0.6) is 0 Å². The molecule has 1 aromatic carbocycles. The van der Waals surface area contributed by atoms with E-state index in [9.17, 15) is 22.8 Å². The van der Waals surface area contributed by atoms with Gasteiger partial charge in [0.25, 0.3) is 5.91 Å². The summed E-state index contributed by atoms with van der Waals surface area (Å²) in [6.45, 7) is 1.90. The van der Waals surface area contributed by atoms with Crippen molar-refractivity contribution in [2.75, 3.05) is 0 Å². The van der Waals surface area contributed by atoms with E-state index in [0.29, 0.717) is 16.6 Å². The molecule has 2 amide bonds. The molecule has 0 aliphatic rings. The maximum Gasteiger partial charge on any atom is 0.472 e. The SMILES string of the molecule is Cc1cc2ncc(C=CC(=O)NNC(=O)C(F)(F)F)cc2n1-c1ccc(C#N)cc1. The number of nitrogens with zero attached hydrogens (tertiary/aromatic N) is 3. The second-order valence-electron chi connectivity index (χ2n) is 6.23. The van der Waals surface area contributed by atoms with Crippen LogP contribution in [0.3, 0.4) is 0 Å². The number of carbonyl (C=O) groups is 2. The Balaban J connectivity index is 1.82. The monoisotopic (exact) mass is 413 g/mol. The van der Waals surface area contributed by atoms with Gasteiger partial charge in [-0.15, -0.1) is 0 Å². The van der Waals surface area contributed by atoms with Crippen molar-refractivity contribution in [1.29, 1.82) is 5.26 Å². The zero-order valence-electron chi connectivity index (χ0n) is 15.5. The Morgan fingerprint density at radius 3 is 2.50 bits per heavy atom. The number of hydrogen-bond donors (Lipinski definition) is 2. The van der Waals surface area contributed by atoms with E-state index in [1.54, 1.807) is 35.8 Å². The molecule has 0 spiro atoms. The first-order chi connectivity index (χ1) is 14.2. The molecule has 7 nitrogen and oxygen atoms in total. The Bertz CT molecular complexity index is 1190. The highest BCUT2D eigenvalue weighted by molar-refractivity contribution is 5.94. The van der Waals surface area contributed by atoms with Gasteiger partial charge in [0.05, 0.1) is 22.7 Å². The number of amides is 2. The normalized spacial score (nSPS) is 11.4. The molecular weight excluding hydrogens is 399 g/mol. The van der Waals surface area contributed by atoms with Crippen LogP contribution in [0, 0.1) is 18.3 Å². The largest absolute Gasteiger partial charge is 0.472 e. The molecule has 2 heterocycles. The minimum absolute atomic E-state index is 0.521. The number of nitrogens with one attached hydrogen (secondary N) is 2. The Morgan fingerprint density at radius 2 is 1.87 bits per heavy atom. The van der Waals surface area contributed by atoms with Gasteiger partial charge in [0.15, 0.2) is 0 Å². The minimum Gasteiger partial charge on any atom is -0.312 e. The number of rotatable bonds is 3. The Hall–Kier alpha value is -4.13. The topological polar surface area (TPSA) is 99.8 Å². The molecule has 3 rings (SSSR count). The number of nitriles is 1. The summed E-state index contributed by atoms with van der Waals surface area (Å²) in [6, 6.07) is 12.7. The number of pyridine rings is 1. The van der Waals surface area contributed by atoms with Crippen molar-refractivity contribution in [3.8, 4) is 11.8 Å². The van der Waals surface area contributed by atoms with Gasteiger partial charge in [0, 0.05) is 23.7 Å². The molecule has 10 heteroatoms. The van der Waals surface area contributed by atoms with Crippen molar-refractivity contribution < 1.29 is 22.8 Å². The predicted molar refractivity (Wildman–Crippen MR) is 102 cm³/mol. The second-order valence-corrected chi connectivity index (χ2v) is 6.23. The van der Waals surface area contributed by atoms with Crippen LogP contribution in [0.25, 0.3) is 22.8 Å². The molecule has 2 aromatic heterocycles. The molecule has 2 N–H and O–H groups in total. The van der Waals surface area contributed by atoms with E-state index in [1.165, 1.54) is 17.7 Å². The predicted octanol–water partition coefficient (Wildman–Crippen LogP) is 2.93. The lowest BCUT2D eigenvalue weighted by molar-refractivity contribution is -0.175. The van der Waals surface area contributed by atoms with E-state index >= 15 is 0 Å². The number of aryl methyl sites for hydroxylation is 1. The third-order valence-corrected chi connectivity index (χ3v) is 4.10. The van der Waals surface area contributed by atoms with Gasteiger partial charge in [-0.1, -0.05) is 0 Å². The summed E-state index contributed by atoms with van der Waals surface area (Å²) in [5.41, 5.74) is 7.13. The summed E-state index contributed by atoms with van der Waals surface area (Å²) in [5.74, 6) is -3.21. The van der Waals surface area contributed by atoms with Crippen molar-refractivity contribution in [2.45, 2.75) is 13.1 Å². The van der Waals surface area contributed by atoms with Gasteiger partial charge in [-0.05, 0) is 55.0 Å². The first kappa shape index (κ1) is 20.6. The smallest absolute Gasteiger partial charge is 0.312 e. The number of alkyl halides is 3. The van der Waals surface area contributed by atoms with Gasteiger partial charge in [0.1, 0.15) is 0 Å².